The first-order valence-electron chi connectivity index (χ1n) is 10.9. The Morgan fingerprint density at radius 1 is 1.03 bits per heavy atom. The number of aromatic nitrogens is 1. The highest BCUT2D eigenvalue weighted by Crippen LogP contribution is 2.30. The first-order chi connectivity index (χ1) is 15.5. The van der Waals surface area contributed by atoms with Gasteiger partial charge in [-0.25, -0.2) is 4.79 Å². The van der Waals surface area contributed by atoms with E-state index in [1.54, 1.807) is 12.1 Å². The van der Waals surface area contributed by atoms with Crippen molar-refractivity contribution in [3.63, 3.8) is 0 Å². The van der Waals surface area contributed by atoms with E-state index < -0.39 is 0 Å². The summed E-state index contributed by atoms with van der Waals surface area (Å²) in [7, 11) is 0. The number of hydrogen-bond acceptors (Lipinski definition) is 2. The Hall–Kier alpha value is -2.76. The lowest BCUT2D eigenvalue weighted by Crippen LogP contribution is -2.41. The Labute approximate surface area is 196 Å². The standard InChI is InChI=1S/C25H23Cl2N3O2/c26-18-11-10-16(21(27)13-18)14-29-15-17(20-8-4-5-9-23(20)29)12-22-24(31)30(25(32)28-22)19-6-2-1-3-7-19/h4-5,8-13,15,19H,1-3,6-7,14H2,(H,28,32)/b22-12-. The maximum atomic E-state index is 13.1. The van der Waals surface area contributed by atoms with Gasteiger partial charge in [-0.15, -0.1) is 0 Å². The molecule has 2 heterocycles. The van der Waals surface area contributed by atoms with E-state index in [2.05, 4.69) is 9.88 Å². The SMILES string of the molecule is O=C1N/C(=C\c2cn(Cc3ccc(Cl)cc3Cl)c3ccccc23)C(=O)N1C1CCCCC1. The molecular formula is C25H23Cl2N3O2. The average Bonchev–Trinajstić information content (AvgIpc) is 3.27. The van der Waals surface area contributed by atoms with Crippen molar-refractivity contribution < 1.29 is 9.59 Å². The third kappa shape index (κ3) is 3.91. The van der Waals surface area contributed by atoms with Gasteiger partial charge in [0.1, 0.15) is 5.70 Å². The zero-order valence-corrected chi connectivity index (χ0v) is 19.0. The smallest absolute Gasteiger partial charge is 0.329 e. The first-order valence-corrected chi connectivity index (χ1v) is 11.6. The van der Waals surface area contributed by atoms with Crippen LogP contribution in [0.3, 0.4) is 0 Å². The molecule has 0 spiro atoms. The van der Waals surface area contributed by atoms with E-state index in [0.717, 1.165) is 47.7 Å². The minimum atomic E-state index is -0.315. The van der Waals surface area contributed by atoms with Gasteiger partial charge in [0.15, 0.2) is 0 Å². The number of amides is 3. The molecule has 32 heavy (non-hydrogen) atoms. The fourth-order valence-corrected chi connectivity index (χ4v) is 5.20. The van der Waals surface area contributed by atoms with Crippen LogP contribution in [0, 0.1) is 0 Å². The lowest BCUT2D eigenvalue weighted by molar-refractivity contribution is -0.124. The van der Waals surface area contributed by atoms with Crippen molar-refractivity contribution in [3.05, 3.63) is 75.5 Å². The maximum absolute atomic E-state index is 13.1. The van der Waals surface area contributed by atoms with Crippen LogP contribution in [0.15, 0.2) is 54.4 Å². The summed E-state index contributed by atoms with van der Waals surface area (Å²) in [6.45, 7) is 0.564. The van der Waals surface area contributed by atoms with Crippen molar-refractivity contribution >= 4 is 52.1 Å². The van der Waals surface area contributed by atoms with E-state index in [9.17, 15) is 9.59 Å². The number of carbonyl (C=O) groups is 2. The number of rotatable bonds is 4. The minimum absolute atomic E-state index is 0.00413. The molecule has 1 saturated heterocycles. The molecule has 0 atom stereocenters. The molecule has 1 aliphatic heterocycles. The van der Waals surface area contributed by atoms with E-state index in [-0.39, 0.29) is 18.0 Å². The molecule has 0 unspecified atom stereocenters. The fourth-order valence-electron chi connectivity index (χ4n) is 4.73. The lowest BCUT2D eigenvalue weighted by Gasteiger charge is -2.28. The predicted octanol–water partition coefficient (Wildman–Crippen LogP) is 6.22. The zero-order chi connectivity index (χ0) is 22.2. The molecule has 3 amide bonds. The van der Waals surface area contributed by atoms with Crippen LogP contribution < -0.4 is 5.32 Å². The number of halogens is 2. The lowest BCUT2D eigenvalue weighted by atomic mass is 9.94. The number of carbonyl (C=O) groups excluding carboxylic acids is 2. The van der Waals surface area contributed by atoms with Crippen LogP contribution in [0.25, 0.3) is 17.0 Å². The second kappa shape index (κ2) is 8.64. The van der Waals surface area contributed by atoms with Crippen LogP contribution in [-0.4, -0.2) is 27.4 Å². The zero-order valence-electron chi connectivity index (χ0n) is 17.5. The molecule has 1 N–H and O–H groups in total. The summed E-state index contributed by atoms with van der Waals surface area (Å²) in [5.74, 6) is -0.237. The van der Waals surface area contributed by atoms with Crippen molar-refractivity contribution in [3.8, 4) is 0 Å². The van der Waals surface area contributed by atoms with E-state index in [0.29, 0.717) is 22.3 Å². The third-order valence-electron chi connectivity index (χ3n) is 6.32. The van der Waals surface area contributed by atoms with Gasteiger partial charge in [0.2, 0.25) is 0 Å². The van der Waals surface area contributed by atoms with E-state index >= 15 is 0 Å². The average molecular weight is 468 g/mol. The fraction of sp³-hybridized carbons (Fsp3) is 0.280. The Morgan fingerprint density at radius 3 is 2.59 bits per heavy atom. The highest BCUT2D eigenvalue weighted by molar-refractivity contribution is 6.35. The summed E-state index contributed by atoms with van der Waals surface area (Å²) < 4.78 is 2.09. The number of urea groups is 1. The third-order valence-corrected chi connectivity index (χ3v) is 6.91. The Balaban J connectivity index is 1.49. The normalized spacial score (nSPS) is 18.7. The summed E-state index contributed by atoms with van der Waals surface area (Å²) in [5, 5.41) is 5.00. The summed E-state index contributed by atoms with van der Waals surface area (Å²) in [6, 6.07) is 13.1. The summed E-state index contributed by atoms with van der Waals surface area (Å²) in [5.41, 5.74) is 3.17. The van der Waals surface area contributed by atoms with Gasteiger partial charge in [-0.3, -0.25) is 9.69 Å². The largest absolute Gasteiger partial charge is 0.342 e. The number of nitrogens with one attached hydrogen (secondary N) is 1. The Bertz CT molecular complexity index is 1240. The van der Waals surface area contributed by atoms with E-state index in [1.807, 2.05) is 42.6 Å². The number of hydrogen-bond donors (Lipinski definition) is 1. The quantitative estimate of drug-likeness (QED) is 0.365. The van der Waals surface area contributed by atoms with Crippen LogP contribution in [0.2, 0.25) is 10.0 Å². The Kier molecular flexibility index (Phi) is 5.70. The van der Waals surface area contributed by atoms with Crippen molar-refractivity contribution in [1.82, 2.24) is 14.8 Å². The molecular weight excluding hydrogens is 445 g/mol. The molecule has 7 heteroatoms. The molecule has 2 aromatic carbocycles. The molecule has 5 rings (SSSR count). The van der Waals surface area contributed by atoms with Crippen LogP contribution in [0.1, 0.15) is 43.2 Å². The van der Waals surface area contributed by atoms with Crippen LogP contribution in [-0.2, 0) is 11.3 Å². The molecule has 1 aliphatic carbocycles. The predicted molar refractivity (Wildman–Crippen MR) is 128 cm³/mol. The molecule has 1 saturated carbocycles. The Morgan fingerprint density at radius 2 is 1.81 bits per heavy atom. The number of benzene rings is 2. The van der Waals surface area contributed by atoms with Gasteiger partial charge in [-0.1, -0.05) is 66.7 Å². The summed E-state index contributed by atoms with van der Waals surface area (Å²) >= 11 is 12.4. The molecule has 0 bridgehead atoms. The summed E-state index contributed by atoms with van der Waals surface area (Å²) in [4.78, 5) is 27.1. The van der Waals surface area contributed by atoms with Gasteiger partial charge in [0.25, 0.3) is 5.91 Å². The van der Waals surface area contributed by atoms with Gasteiger partial charge >= 0.3 is 6.03 Å². The second-order valence-corrected chi connectivity index (χ2v) is 9.26. The van der Waals surface area contributed by atoms with Crippen LogP contribution in [0.4, 0.5) is 4.79 Å². The van der Waals surface area contributed by atoms with E-state index in [4.69, 9.17) is 23.2 Å². The molecule has 2 fully saturated rings. The minimum Gasteiger partial charge on any atom is -0.342 e. The number of fused-ring (bicyclic) bond motifs is 1. The molecule has 0 radical (unpaired) electrons. The number of para-hydroxylation sites is 1. The van der Waals surface area contributed by atoms with Gasteiger partial charge in [-0.2, -0.15) is 0 Å². The molecule has 164 valence electrons. The molecule has 5 nitrogen and oxygen atoms in total. The monoisotopic (exact) mass is 467 g/mol. The van der Waals surface area contributed by atoms with E-state index in [1.165, 1.54) is 11.3 Å². The molecule has 2 aliphatic rings. The summed E-state index contributed by atoms with van der Waals surface area (Å²) in [6.07, 6.45) is 8.82. The van der Waals surface area contributed by atoms with Gasteiger partial charge in [0, 0.05) is 45.3 Å². The molecule has 1 aromatic heterocycles. The van der Waals surface area contributed by atoms with Crippen LogP contribution >= 0.6 is 23.2 Å². The van der Waals surface area contributed by atoms with Gasteiger partial charge in [-0.05, 0) is 42.7 Å². The first kappa shape index (κ1) is 21.1. The van der Waals surface area contributed by atoms with Crippen LogP contribution in [0.5, 0.6) is 0 Å². The highest BCUT2D eigenvalue weighted by atomic mass is 35.5. The van der Waals surface area contributed by atoms with Crippen molar-refractivity contribution in [2.45, 2.75) is 44.7 Å². The maximum Gasteiger partial charge on any atom is 0.329 e. The van der Waals surface area contributed by atoms with Gasteiger partial charge in [0.05, 0.1) is 0 Å². The highest BCUT2D eigenvalue weighted by Gasteiger charge is 2.39. The topological polar surface area (TPSA) is 54.3 Å². The van der Waals surface area contributed by atoms with Crippen molar-refractivity contribution in [2.24, 2.45) is 0 Å². The van der Waals surface area contributed by atoms with Crippen molar-refractivity contribution in [2.75, 3.05) is 0 Å². The molecule has 3 aromatic rings. The van der Waals surface area contributed by atoms with Gasteiger partial charge < -0.3 is 9.88 Å². The van der Waals surface area contributed by atoms with Crippen molar-refractivity contribution in [1.29, 1.82) is 0 Å². The number of imide groups is 1. The number of nitrogens with zero attached hydrogens (tertiary/aromatic N) is 2. The second-order valence-electron chi connectivity index (χ2n) is 8.42.